The molecule has 0 saturated heterocycles. The molecule has 4 rings (SSSR count). The second kappa shape index (κ2) is 7.71. The Balaban J connectivity index is 1.45. The summed E-state index contributed by atoms with van der Waals surface area (Å²) in [6, 6.07) is 12.0. The van der Waals surface area contributed by atoms with E-state index in [1.807, 2.05) is 35.9 Å². The van der Waals surface area contributed by atoms with Crippen molar-refractivity contribution in [3.05, 3.63) is 60.2 Å². The summed E-state index contributed by atoms with van der Waals surface area (Å²) in [4.78, 5) is 8.51. The van der Waals surface area contributed by atoms with Crippen LogP contribution in [0.4, 0.5) is 0 Å². The normalized spacial score (nSPS) is 11.0. The fourth-order valence-corrected chi connectivity index (χ4v) is 3.39. The molecule has 0 atom stereocenters. The Morgan fingerprint density at radius 2 is 1.78 bits per heavy atom. The topological polar surface area (TPSA) is 82.5 Å². The Bertz CT molecular complexity index is 1030. The van der Waals surface area contributed by atoms with Crippen molar-refractivity contribution in [2.24, 2.45) is 7.05 Å². The highest BCUT2D eigenvalue weighted by atomic mass is 32.2. The van der Waals surface area contributed by atoms with Crippen LogP contribution in [0.5, 0.6) is 0 Å². The van der Waals surface area contributed by atoms with Crippen LogP contribution in [-0.4, -0.2) is 29.9 Å². The van der Waals surface area contributed by atoms with Gasteiger partial charge in [-0.1, -0.05) is 48.1 Å². The Labute approximate surface area is 160 Å². The third-order valence-corrected chi connectivity index (χ3v) is 5.19. The SMILES string of the molecule is CCc1ccc(-c2noc(CSc3nnc(-c4ccncc4)n3C)n2)cc1. The van der Waals surface area contributed by atoms with Gasteiger partial charge < -0.3 is 9.09 Å². The van der Waals surface area contributed by atoms with E-state index in [2.05, 4.69) is 44.4 Å². The van der Waals surface area contributed by atoms with Crippen LogP contribution in [0.25, 0.3) is 22.8 Å². The molecule has 0 radical (unpaired) electrons. The number of rotatable bonds is 6. The molecule has 136 valence electrons. The quantitative estimate of drug-likeness (QED) is 0.472. The zero-order valence-corrected chi connectivity index (χ0v) is 15.8. The summed E-state index contributed by atoms with van der Waals surface area (Å²) in [5.74, 6) is 2.48. The number of pyridine rings is 1. The van der Waals surface area contributed by atoms with Gasteiger partial charge in [-0.25, -0.2) is 0 Å². The lowest BCUT2D eigenvalue weighted by Gasteiger charge is -2.02. The first-order valence-electron chi connectivity index (χ1n) is 8.59. The van der Waals surface area contributed by atoms with Crippen molar-refractivity contribution in [2.75, 3.05) is 0 Å². The van der Waals surface area contributed by atoms with Gasteiger partial charge >= 0.3 is 0 Å². The van der Waals surface area contributed by atoms with E-state index in [1.54, 1.807) is 12.4 Å². The summed E-state index contributed by atoms with van der Waals surface area (Å²) >= 11 is 1.51. The summed E-state index contributed by atoms with van der Waals surface area (Å²) in [6.07, 6.45) is 4.49. The molecule has 1 aromatic carbocycles. The highest BCUT2D eigenvalue weighted by molar-refractivity contribution is 7.98. The van der Waals surface area contributed by atoms with Gasteiger partial charge in [-0.15, -0.1) is 10.2 Å². The summed E-state index contributed by atoms with van der Waals surface area (Å²) in [7, 11) is 1.94. The first kappa shape index (κ1) is 17.4. The largest absolute Gasteiger partial charge is 0.338 e. The number of aryl methyl sites for hydroxylation is 1. The summed E-state index contributed by atoms with van der Waals surface area (Å²) < 4.78 is 7.33. The van der Waals surface area contributed by atoms with Crippen molar-refractivity contribution in [3.8, 4) is 22.8 Å². The van der Waals surface area contributed by atoms with Crippen molar-refractivity contribution in [1.82, 2.24) is 29.9 Å². The van der Waals surface area contributed by atoms with Crippen LogP contribution in [0.15, 0.2) is 58.5 Å². The molecular formula is C19H18N6OS. The van der Waals surface area contributed by atoms with E-state index in [-0.39, 0.29) is 0 Å². The summed E-state index contributed by atoms with van der Waals surface area (Å²) in [5.41, 5.74) is 3.21. The van der Waals surface area contributed by atoms with Gasteiger partial charge in [0.1, 0.15) is 0 Å². The van der Waals surface area contributed by atoms with Crippen LogP contribution >= 0.6 is 11.8 Å². The Morgan fingerprint density at radius 1 is 1.00 bits per heavy atom. The molecule has 0 fully saturated rings. The van der Waals surface area contributed by atoms with Gasteiger partial charge in [0.25, 0.3) is 0 Å². The lowest BCUT2D eigenvalue weighted by atomic mass is 10.1. The Hall–Kier alpha value is -3.00. The van der Waals surface area contributed by atoms with E-state index in [9.17, 15) is 0 Å². The fourth-order valence-electron chi connectivity index (χ4n) is 2.64. The minimum atomic E-state index is 0.530. The predicted molar refractivity (Wildman–Crippen MR) is 103 cm³/mol. The van der Waals surface area contributed by atoms with Crippen molar-refractivity contribution in [3.63, 3.8) is 0 Å². The Kier molecular flexibility index (Phi) is 4.97. The third kappa shape index (κ3) is 3.75. The maximum atomic E-state index is 5.38. The number of nitrogens with zero attached hydrogens (tertiary/aromatic N) is 6. The van der Waals surface area contributed by atoms with Crippen molar-refractivity contribution in [2.45, 2.75) is 24.3 Å². The molecule has 0 N–H and O–H groups in total. The molecule has 3 heterocycles. The minimum absolute atomic E-state index is 0.530. The molecule has 4 aromatic rings. The average Bonchev–Trinajstić information content (AvgIpc) is 3.34. The van der Waals surface area contributed by atoms with Crippen LogP contribution < -0.4 is 0 Å². The van der Waals surface area contributed by atoms with Gasteiger partial charge in [0.2, 0.25) is 11.7 Å². The van der Waals surface area contributed by atoms with Gasteiger partial charge in [-0.3, -0.25) is 4.98 Å². The highest BCUT2D eigenvalue weighted by Crippen LogP contribution is 2.25. The van der Waals surface area contributed by atoms with Gasteiger partial charge in [0.15, 0.2) is 11.0 Å². The molecular weight excluding hydrogens is 360 g/mol. The highest BCUT2D eigenvalue weighted by Gasteiger charge is 2.14. The zero-order valence-electron chi connectivity index (χ0n) is 15.0. The van der Waals surface area contributed by atoms with Crippen LogP contribution in [0.3, 0.4) is 0 Å². The maximum absolute atomic E-state index is 5.38. The summed E-state index contributed by atoms with van der Waals surface area (Å²) in [5, 5.41) is 13.4. The van der Waals surface area contributed by atoms with Crippen LogP contribution in [0, 0.1) is 0 Å². The lowest BCUT2D eigenvalue weighted by Crippen LogP contribution is -1.95. The van der Waals surface area contributed by atoms with Gasteiger partial charge in [0.05, 0.1) is 5.75 Å². The van der Waals surface area contributed by atoms with E-state index in [0.29, 0.717) is 17.5 Å². The van der Waals surface area contributed by atoms with E-state index >= 15 is 0 Å². The molecule has 27 heavy (non-hydrogen) atoms. The standard InChI is InChI=1S/C19H18N6OS/c1-3-13-4-6-14(7-5-13)17-21-16(26-24-17)12-27-19-23-22-18(25(19)2)15-8-10-20-11-9-15/h4-11H,3,12H2,1-2H3. The number of hydrogen-bond acceptors (Lipinski definition) is 7. The van der Waals surface area contributed by atoms with E-state index in [0.717, 1.165) is 28.5 Å². The molecule has 0 saturated carbocycles. The predicted octanol–water partition coefficient (Wildman–Crippen LogP) is 3.78. The maximum Gasteiger partial charge on any atom is 0.237 e. The second-order valence-corrected chi connectivity index (χ2v) is 6.89. The monoisotopic (exact) mass is 378 g/mol. The molecule has 0 spiro atoms. The molecule has 0 unspecified atom stereocenters. The Morgan fingerprint density at radius 3 is 2.52 bits per heavy atom. The van der Waals surface area contributed by atoms with Gasteiger partial charge in [-0.05, 0) is 24.1 Å². The first-order valence-corrected chi connectivity index (χ1v) is 9.57. The molecule has 8 heteroatoms. The van der Waals surface area contributed by atoms with Crippen LogP contribution in [-0.2, 0) is 19.2 Å². The number of aromatic nitrogens is 6. The van der Waals surface area contributed by atoms with E-state index < -0.39 is 0 Å². The molecule has 0 aliphatic carbocycles. The van der Waals surface area contributed by atoms with Crippen LogP contribution in [0.1, 0.15) is 18.4 Å². The van der Waals surface area contributed by atoms with Gasteiger partial charge in [0, 0.05) is 30.6 Å². The van der Waals surface area contributed by atoms with Crippen molar-refractivity contribution < 1.29 is 4.52 Å². The van der Waals surface area contributed by atoms with Crippen molar-refractivity contribution >= 4 is 11.8 Å². The van der Waals surface area contributed by atoms with E-state index in [1.165, 1.54) is 17.3 Å². The second-order valence-electron chi connectivity index (χ2n) is 5.95. The molecule has 7 nitrogen and oxygen atoms in total. The first-order chi connectivity index (χ1) is 13.2. The number of hydrogen-bond donors (Lipinski definition) is 0. The minimum Gasteiger partial charge on any atom is -0.338 e. The molecule has 3 aromatic heterocycles. The smallest absolute Gasteiger partial charge is 0.237 e. The molecule has 0 aliphatic rings. The van der Waals surface area contributed by atoms with Gasteiger partial charge in [-0.2, -0.15) is 4.98 Å². The number of benzene rings is 1. The third-order valence-electron chi connectivity index (χ3n) is 4.19. The summed E-state index contributed by atoms with van der Waals surface area (Å²) in [6.45, 7) is 2.13. The lowest BCUT2D eigenvalue weighted by molar-refractivity contribution is 0.391. The number of thioether (sulfide) groups is 1. The molecule has 0 aliphatic heterocycles. The average molecular weight is 378 g/mol. The molecule has 0 amide bonds. The van der Waals surface area contributed by atoms with E-state index in [4.69, 9.17) is 4.52 Å². The zero-order chi connectivity index (χ0) is 18.6. The fraction of sp³-hybridized carbons (Fsp3) is 0.211. The van der Waals surface area contributed by atoms with Crippen molar-refractivity contribution in [1.29, 1.82) is 0 Å². The molecule has 0 bridgehead atoms. The van der Waals surface area contributed by atoms with Crippen LogP contribution in [0.2, 0.25) is 0 Å².